The van der Waals surface area contributed by atoms with Gasteiger partial charge in [-0.1, -0.05) is 6.92 Å². The molecule has 0 saturated carbocycles. The van der Waals surface area contributed by atoms with Crippen LogP contribution in [0.3, 0.4) is 0 Å². The molecule has 1 aliphatic rings. The number of anilines is 3. The van der Waals surface area contributed by atoms with Crippen LogP contribution >= 0.6 is 0 Å². The first-order valence-corrected chi connectivity index (χ1v) is 10.3. The van der Waals surface area contributed by atoms with Gasteiger partial charge < -0.3 is 21.7 Å². The lowest BCUT2D eigenvalue weighted by atomic mass is 9.90. The summed E-state index contributed by atoms with van der Waals surface area (Å²) >= 11 is 0. The van der Waals surface area contributed by atoms with Crippen LogP contribution in [0.25, 0.3) is 16.5 Å². The van der Waals surface area contributed by atoms with Gasteiger partial charge in [0.1, 0.15) is 17.5 Å². The Morgan fingerprint density at radius 1 is 1.32 bits per heavy atom. The second-order valence-corrected chi connectivity index (χ2v) is 7.60. The Hall–Kier alpha value is -3.59. The van der Waals surface area contributed by atoms with Crippen LogP contribution in [-0.4, -0.2) is 29.0 Å². The lowest BCUT2D eigenvalue weighted by molar-refractivity contribution is 0.346. The summed E-state index contributed by atoms with van der Waals surface area (Å²) < 4.78 is 0. The van der Waals surface area contributed by atoms with Gasteiger partial charge in [-0.15, -0.1) is 0 Å². The van der Waals surface area contributed by atoms with E-state index in [0.717, 1.165) is 35.9 Å². The predicted molar refractivity (Wildman–Crippen MR) is 123 cm³/mol. The highest BCUT2D eigenvalue weighted by atomic mass is 15.1. The normalized spacial score (nSPS) is 18.1. The molecule has 0 fully saturated rings. The quantitative estimate of drug-likeness (QED) is 0.370. The first-order valence-electron chi connectivity index (χ1n) is 10.3. The van der Waals surface area contributed by atoms with E-state index in [1.807, 2.05) is 25.4 Å². The summed E-state index contributed by atoms with van der Waals surface area (Å²) in [6.07, 6.45) is 7.99. The summed E-state index contributed by atoms with van der Waals surface area (Å²) in [6, 6.07) is 5.95. The van der Waals surface area contributed by atoms with E-state index >= 15 is 0 Å². The SMILES string of the molecule is CC[C@]1(NC)CCc2c1ccnc2Nc1cc2cc(/C(=C/N=N)NC)nc(N)c2cn1. The summed E-state index contributed by atoms with van der Waals surface area (Å²) in [6.45, 7) is 2.21. The Labute approximate surface area is 181 Å². The first-order chi connectivity index (χ1) is 15.0. The van der Waals surface area contributed by atoms with Crippen LogP contribution in [0.5, 0.6) is 0 Å². The van der Waals surface area contributed by atoms with E-state index in [-0.39, 0.29) is 5.54 Å². The van der Waals surface area contributed by atoms with E-state index in [0.29, 0.717) is 23.0 Å². The third-order valence-electron chi connectivity index (χ3n) is 6.19. The Morgan fingerprint density at radius 2 is 2.16 bits per heavy atom. The number of hydrogen-bond acceptors (Lipinski definition) is 9. The van der Waals surface area contributed by atoms with Crippen molar-refractivity contribution in [3.05, 3.63) is 53.6 Å². The van der Waals surface area contributed by atoms with Crippen molar-refractivity contribution >= 4 is 33.9 Å². The van der Waals surface area contributed by atoms with E-state index in [1.54, 1.807) is 13.2 Å². The van der Waals surface area contributed by atoms with Crippen molar-refractivity contribution in [2.75, 3.05) is 25.1 Å². The van der Waals surface area contributed by atoms with Gasteiger partial charge in [0.2, 0.25) is 0 Å². The average Bonchev–Trinajstić information content (AvgIpc) is 3.17. The van der Waals surface area contributed by atoms with Crippen molar-refractivity contribution in [1.82, 2.24) is 25.6 Å². The van der Waals surface area contributed by atoms with Crippen LogP contribution in [0.2, 0.25) is 0 Å². The fourth-order valence-corrected chi connectivity index (χ4v) is 4.40. The topological polar surface area (TPSA) is 137 Å². The molecule has 0 radical (unpaired) electrons. The highest BCUT2D eigenvalue weighted by molar-refractivity contribution is 5.94. The Kier molecular flexibility index (Phi) is 5.51. The van der Waals surface area contributed by atoms with Gasteiger partial charge in [0.15, 0.2) is 0 Å². The largest absolute Gasteiger partial charge is 0.385 e. The van der Waals surface area contributed by atoms with Crippen LogP contribution in [0.4, 0.5) is 17.5 Å². The lowest BCUT2D eigenvalue weighted by Crippen LogP contribution is -2.37. The zero-order chi connectivity index (χ0) is 22.0. The summed E-state index contributed by atoms with van der Waals surface area (Å²) in [5.74, 6) is 1.89. The van der Waals surface area contributed by atoms with E-state index in [9.17, 15) is 0 Å². The smallest absolute Gasteiger partial charge is 0.135 e. The molecule has 6 N–H and O–H groups in total. The minimum absolute atomic E-state index is 0.000666. The number of fused-ring (bicyclic) bond motifs is 2. The molecule has 0 amide bonds. The number of nitrogens with one attached hydrogen (secondary N) is 4. The number of nitrogen functional groups attached to an aromatic ring is 1. The molecule has 0 spiro atoms. The van der Waals surface area contributed by atoms with Crippen LogP contribution in [0, 0.1) is 5.53 Å². The van der Waals surface area contributed by atoms with Crippen molar-refractivity contribution in [1.29, 1.82) is 5.53 Å². The molecule has 0 saturated heterocycles. The van der Waals surface area contributed by atoms with Crippen LogP contribution < -0.4 is 21.7 Å². The molecule has 4 rings (SSSR count). The standard InChI is InChI=1S/C22H27N9/c1-4-22(26-3)7-5-14-16(22)6-8-27-21(14)31-19-10-13-9-17(18(25-2)12-29-24)30-20(23)15(13)11-28-19/h6,8-12,24-26H,4-5,7H2,1-3H3,(H2,23,30)(H,27,28,31)/b18-12-,29-24?/t22-/m0/s1. The van der Waals surface area contributed by atoms with Crippen LogP contribution in [0.15, 0.2) is 41.9 Å². The molecule has 0 aromatic carbocycles. The molecule has 1 atom stereocenters. The predicted octanol–water partition coefficient (Wildman–Crippen LogP) is 3.67. The fraction of sp³-hybridized carbons (Fsp3) is 0.318. The van der Waals surface area contributed by atoms with Gasteiger partial charge in [-0.25, -0.2) is 20.5 Å². The molecule has 9 nitrogen and oxygen atoms in total. The maximum Gasteiger partial charge on any atom is 0.135 e. The molecule has 3 aromatic rings. The lowest BCUT2D eigenvalue weighted by Gasteiger charge is -2.28. The van der Waals surface area contributed by atoms with Gasteiger partial charge in [-0.2, -0.15) is 5.11 Å². The van der Waals surface area contributed by atoms with E-state index < -0.39 is 0 Å². The Morgan fingerprint density at radius 3 is 2.87 bits per heavy atom. The molecule has 3 heterocycles. The number of pyridine rings is 3. The molecule has 3 aromatic heterocycles. The van der Waals surface area contributed by atoms with Gasteiger partial charge in [0, 0.05) is 35.9 Å². The molecular formula is C22H27N9. The molecule has 0 aliphatic heterocycles. The second-order valence-electron chi connectivity index (χ2n) is 7.60. The second kappa shape index (κ2) is 8.27. The summed E-state index contributed by atoms with van der Waals surface area (Å²) in [4.78, 5) is 13.5. The molecule has 0 unspecified atom stereocenters. The number of nitrogens with zero attached hydrogens (tertiary/aromatic N) is 4. The third-order valence-corrected chi connectivity index (χ3v) is 6.19. The van der Waals surface area contributed by atoms with Gasteiger partial charge in [-0.3, -0.25) is 0 Å². The Balaban J connectivity index is 1.73. The maximum atomic E-state index is 7.10. The summed E-state index contributed by atoms with van der Waals surface area (Å²) in [7, 11) is 3.77. The zero-order valence-electron chi connectivity index (χ0n) is 18.0. The van der Waals surface area contributed by atoms with Gasteiger partial charge in [0.25, 0.3) is 0 Å². The summed E-state index contributed by atoms with van der Waals surface area (Å²) in [5.41, 5.74) is 17.0. The number of nitrogens with two attached hydrogens (primary N) is 1. The van der Waals surface area contributed by atoms with Gasteiger partial charge >= 0.3 is 0 Å². The van der Waals surface area contributed by atoms with Crippen molar-refractivity contribution in [2.24, 2.45) is 5.11 Å². The van der Waals surface area contributed by atoms with Crippen LogP contribution in [0.1, 0.15) is 36.6 Å². The van der Waals surface area contributed by atoms with E-state index in [2.05, 4.69) is 49.0 Å². The first kappa shape index (κ1) is 20.7. The minimum Gasteiger partial charge on any atom is -0.385 e. The van der Waals surface area contributed by atoms with Gasteiger partial charge in [-0.05, 0) is 55.5 Å². The van der Waals surface area contributed by atoms with Crippen molar-refractivity contribution < 1.29 is 0 Å². The minimum atomic E-state index is -0.000666. The van der Waals surface area contributed by atoms with Gasteiger partial charge in [0.05, 0.1) is 17.6 Å². The monoisotopic (exact) mass is 417 g/mol. The molecule has 0 bridgehead atoms. The maximum absolute atomic E-state index is 7.10. The van der Waals surface area contributed by atoms with Crippen LogP contribution in [-0.2, 0) is 12.0 Å². The van der Waals surface area contributed by atoms with Crippen molar-refractivity contribution in [3.8, 4) is 0 Å². The molecular weight excluding hydrogens is 390 g/mol. The number of hydrogen-bond donors (Lipinski definition) is 5. The fourth-order valence-electron chi connectivity index (χ4n) is 4.40. The number of rotatable bonds is 7. The highest BCUT2D eigenvalue weighted by Crippen LogP contribution is 2.42. The molecule has 9 heteroatoms. The van der Waals surface area contributed by atoms with E-state index in [1.165, 1.54) is 17.3 Å². The third kappa shape index (κ3) is 3.57. The highest BCUT2D eigenvalue weighted by Gasteiger charge is 2.37. The Bertz CT molecular complexity index is 1170. The average molecular weight is 418 g/mol. The summed E-state index contributed by atoms with van der Waals surface area (Å²) in [5, 5.41) is 14.9. The van der Waals surface area contributed by atoms with E-state index in [4.69, 9.17) is 11.3 Å². The molecule has 160 valence electrons. The molecule has 31 heavy (non-hydrogen) atoms. The molecule has 1 aliphatic carbocycles. The number of aromatic nitrogens is 3. The zero-order valence-corrected chi connectivity index (χ0v) is 18.0. The van der Waals surface area contributed by atoms with Crippen molar-refractivity contribution in [2.45, 2.75) is 31.7 Å². The van der Waals surface area contributed by atoms with Crippen molar-refractivity contribution in [3.63, 3.8) is 0 Å².